The summed E-state index contributed by atoms with van der Waals surface area (Å²) in [5.41, 5.74) is 0. The van der Waals surface area contributed by atoms with Crippen LogP contribution >= 0.6 is 0 Å². The molecule has 0 bridgehead atoms. The van der Waals surface area contributed by atoms with Crippen LogP contribution < -0.4 is 10.6 Å². The Hall–Kier alpha value is -0.660. The predicted octanol–water partition coefficient (Wildman–Crippen LogP) is -1.02. The molecule has 6 nitrogen and oxygen atoms in total. The Morgan fingerprint density at radius 3 is 2.68 bits per heavy atom. The van der Waals surface area contributed by atoms with E-state index in [0.29, 0.717) is 19.4 Å². The minimum absolute atomic E-state index is 0.156. The summed E-state index contributed by atoms with van der Waals surface area (Å²) in [5.74, 6) is -0.155. The lowest BCUT2D eigenvalue weighted by molar-refractivity contribution is -0.120. The lowest BCUT2D eigenvalue weighted by Gasteiger charge is -2.27. The first-order valence-corrected chi connectivity index (χ1v) is 8.73. The zero-order valence-corrected chi connectivity index (χ0v) is 12.0. The van der Waals surface area contributed by atoms with Crippen molar-refractivity contribution in [1.29, 1.82) is 0 Å². The van der Waals surface area contributed by atoms with E-state index in [9.17, 15) is 13.2 Å². The minimum Gasteiger partial charge on any atom is -0.354 e. The highest BCUT2D eigenvalue weighted by atomic mass is 32.2. The van der Waals surface area contributed by atoms with Crippen molar-refractivity contribution in [1.82, 2.24) is 15.5 Å². The monoisotopic (exact) mass is 289 g/mol. The molecule has 0 saturated carbocycles. The van der Waals surface area contributed by atoms with Gasteiger partial charge in [0.25, 0.3) is 0 Å². The molecule has 2 aliphatic heterocycles. The molecule has 110 valence electrons. The smallest absolute Gasteiger partial charge is 0.238 e. The molecule has 2 N–H and O–H groups in total. The van der Waals surface area contributed by atoms with E-state index in [1.807, 2.05) is 0 Å². The molecule has 1 atom stereocenters. The van der Waals surface area contributed by atoms with E-state index in [1.165, 1.54) is 0 Å². The third kappa shape index (κ3) is 4.15. The van der Waals surface area contributed by atoms with E-state index >= 15 is 0 Å². The number of nitrogens with zero attached hydrogens (tertiary/aromatic N) is 1. The molecule has 0 aromatic carbocycles. The molecular formula is C12H23N3O3S. The van der Waals surface area contributed by atoms with Gasteiger partial charge in [0, 0.05) is 39.3 Å². The number of carbonyl (C=O) groups is 1. The van der Waals surface area contributed by atoms with Crippen molar-refractivity contribution in [2.24, 2.45) is 0 Å². The molecule has 1 unspecified atom stereocenters. The fourth-order valence-electron chi connectivity index (χ4n) is 2.63. The van der Waals surface area contributed by atoms with Crippen molar-refractivity contribution in [2.75, 3.05) is 45.0 Å². The van der Waals surface area contributed by atoms with E-state index in [2.05, 4.69) is 15.5 Å². The lowest BCUT2D eigenvalue weighted by Crippen LogP contribution is -2.48. The molecule has 19 heavy (non-hydrogen) atoms. The largest absolute Gasteiger partial charge is 0.354 e. The van der Waals surface area contributed by atoms with E-state index in [4.69, 9.17) is 0 Å². The number of rotatable bonds is 4. The molecule has 0 spiro atoms. The maximum Gasteiger partial charge on any atom is 0.238 e. The molecule has 0 aromatic rings. The average molecular weight is 289 g/mol. The van der Waals surface area contributed by atoms with Gasteiger partial charge in [-0.3, -0.25) is 9.69 Å². The van der Waals surface area contributed by atoms with Crippen LogP contribution in [0.25, 0.3) is 0 Å². The number of sulfone groups is 1. The first kappa shape index (κ1) is 14.7. The Morgan fingerprint density at radius 2 is 2.00 bits per heavy atom. The zero-order valence-electron chi connectivity index (χ0n) is 11.2. The van der Waals surface area contributed by atoms with Gasteiger partial charge in [0.1, 0.15) is 5.25 Å². The highest BCUT2D eigenvalue weighted by Crippen LogP contribution is 2.19. The highest BCUT2D eigenvalue weighted by Gasteiger charge is 2.34. The summed E-state index contributed by atoms with van der Waals surface area (Å²) in [5, 5.41) is 5.23. The number of piperazine rings is 1. The first-order chi connectivity index (χ1) is 9.09. The van der Waals surface area contributed by atoms with Crippen LogP contribution in [-0.4, -0.2) is 69.5 Å². The van der Waals surface area contributed by atoms with Crippen molar-refractivity contribution in [2.45, 2.75) is 24.5 Å². The molecule has 2 aliphatic rings. The third-order valence-corrected chi connectivity index (χ3v) is 5.98. The van der Waals surface area contributed by atoms with Crippen molar-refractivity contribution < 1.29 is 13.2 Å². The highest BCUT2D eigenvalue weighted by molar-refractivity contribution is 7.92. The Bertz CT molecular complexity index is 404. The van der Waals surface area contributed by atoms with Crippen molar-refractivity contribution in [3.05, 3.63) is 0 Å². The van der Waals surface area contributed by atoms with Gasteiger partial charge >= 0.3 is 0 Å². The Balaban J connectivity index is 1.74. The van der Waals surface area contributed by atoms with Gasteiger partial charge in [0.05, 0.1) is 5.75 Å². The third-order valence-electron chi connectivity index (χ3n) is 3.81. The SMILES string of the molecule is O=C(NCCN1CCNCC1)C1CCCCS1(=O)=O. The summed E-state index contributed by atoms with van der Waals surface area (Å²) in [7, 11) is -3.21. The maximum absolute atomic E-state index is 11.9. The zero-order chi connectivity index (χ0) is 13.7. The summed E-state index contributed by atoms with van der Waals surface area (Å²) >= 11 is 0. The van der Waals surface area contributed by atoms with Gasteiger partial charge in [-0.2, -0.15) is 0 Å². The van der Waals surface area contributed by atoms with Gasteiger partial charge in [0.2, 0.25) is 5.91 Å². The molecule has 0 aromatic heterocycles. The molecular weight excluding hydrogens is 266 g/mol. The minimum atomic E-state index is -3.21. The maximum atomic E-state index is 11.9. The van der Waals surface area contributed by atoms with E-state index in [-0.39, 0.29) is 11.7 Å². The van der Waals surface area contributed by atoms with Crippen LogP contribution in [0.1, 0.15) is 19.3 Å². The van der Waals surface area contributed by atoms with Crippen LogP contribution in [0.5, 0.6) is 0 Å². The summed E-state index contributed by atoms with van der Waals surface area (Å²) in [6.07, 6.45) is 1.99. The van der Waals surface area contributed by atoms with Gasteiger partial charge in [-0.25, -0.2) is 8.42 Å². The van der Waals surface area contributed by atoms with E-state index in [1.54, 1.807) is 0 Å². The predicted molar refractivity (Wildman–Crippen MR) is 73.7 cm³/mol. The number of hydrogen-bond acceptors (Lipinski definition) is 5. The second-order valence-corrected chi connectivity index (χ2v) is 7.54. The van der Waals surface area contributed by atoms with Gasteiger partial charge in [0.15, 0.2) is 9.84 Å². The Kier molecular flexibility index (Phi) is 5.18. The lowest BCUT2D eigenvalue weighted by atomic mass is 10.2. The van der Waals surface area contributed by atoms with Crippen LogP contribution in [0, 0.1) is 0 Å². The number of carbonyl (C=O) groups excluding carboxylic acids is 1. The molecule has 2 heterocycles. The van der Waals surface area contributed by atoms with Crippen molar-refractivity contribution >= 4 is 15.7 Å². The standard InChI is InChI=1S/C12H23N3O3S/c16-12(11-3-1-2-10-19(11,17)18)14-6-9-15-7-4-13-5-8-15/h11,13H,1-10H2,(H,14,16). The molecule has 2 fully saturated rings. The molecule has 0 radical (unpaired) electrons. The van der Waals surface area contributed by atoms with Gasteiger partial charge in [-0.1, -0.05) is 6.42 Å². The molecule has 7 heteroatoms. The number of hydrogen-bond donors (Lipinski definition) is 2. The second kappa shape index (κ2) is 6.67. The summed E-state index contributed by atoms with van der Waals surface area (Å²) in [4.78, 5) is 14.2. The van der Waals surface area contributed by atoms with E-state index < -0.39 is 15.1 Å². The molecule has 2 rings (SSSR count). The fourth-order valence-corrected chi connectivity index (χ4v) is 4.46. The van der Waals surface area contributed by atoms with E-state index in [0.717, 1.165) is 39.1 Å². The van der Waals surface area contributed by atoms with Crippen LogP contribution in [-0.2, 0) is 14.6 Å². The summed E-state index contributed by atoms with van der Waals surface area (Å²) in [6.45, 7) is 5.25. The Labute approximate surface area is 114 Å². The fraction of sp³-hybridized carbons (Fsp3) is 0.917. The summed E-state index contributed by atoms with van der Waals surface area (Å²) < 4.78 is 23.6. The van der Waals surface area contributed by atoms with Crippen LogP contribution in [0.3, 0.4) is 0 Å². The number of amides is 1. The van der Waals surface area contributed by atoms with Gasteiger partial charge in [-0.15, -0.1) is 0 Å². The number of nitrogens with one attached hydrogen (secondary N) is 2. The van der Waals surface area contributed by atoms with Crippen LogP contribution in [0.2, 0.25) is 0 Å². The molecule has 2 saturated heterocycles. The van der Waals surface area contributed by atoms with Crippen LogP contribution in [0.4, 0.5) is 0 Å². The first-order valence-electron chi connectivity index (χ1n) is 7.02. The topological polar surface area (TPSA) is 78.5 Å². The summed E-state index contributed by atoms with van der Waals surface area (Å²) in [6, 6.07) is 0. The Morgan fingerprint density at radius 1 is 1.26 bits per heavy atom. The molecule has 0 aliphatic carbocycles. The average Bonchev–Trinajstić information content (AvgIpc) is 2.39. The molecule has 1 amide bonds. The van der Waals surface area contributed by atoms with Crippen molar-refractivity contribution in [3.8, 4) is 0 Å². The normalized spacial score (nSPS) is 27.9. The second-order valence-electron chi connectivity index (χ2n) is 5.23. The van der Waals surface area contributed by atoms with Crippen molar-refractivity contribution in [3.63, 3.8) is 0 Å². The van der Waals surface area contributed by atoms with Gasteiger partial charge in [-0.05, 0) is 12.8 Å². The van der Waals surface area contributed by atoms with Crippen LogP contribution in [0.15, 0.2) is 0 Å². The van der Waals surface area contributed by atoms with Gasteiger partial charge < -0.3 is 10.6 Å². The quantitative estimate of drug-likeness (QED) is 0.692.